The van der Waals surface area contributed by atoms with E-state index in [1.165, 1.54) is 11.3 Å². The van der Waals surface area contributed by atoms with Crippen molar-refractivity contribution in [2.75, 3.05) is 26.2 Å². The molecule has 18 heavy (non-hydrogen) atoms. The average Bonchev–Trinajstić information content (AvgIpc) is 2.60. The Bertz CT molecular complexity index is 414. The van der Waals surface area contributed by atoms with Gasteiger partial charge in [0.15, 0.2) is 0 Å². The third kappa shape index (κ3) is 3.45. The number of rotatable bonds is 3. The summed E-state index contributed by atoms with van der Waals surface area (Å²) in [7, 11) is 0. The molecule has 0 radical (unpaired) electrons. The monoisotopic (exact) mass is 288 g/mol. The number of halogens is 1. The van der Waals surface area contributed by atoms with E-state index in [4.69, 9.17) is 16.3 Å². The highest BCUT2D eigenvalue weighted by molar-refractivity contribution is 7.13. The van der Waals surface area contributed by atoms with Crippen molar-refractivity contribution in [3.8, 4) is 0 Å². The molecule has 2 rings (SSSR count). The molecule has 0 spiro atoms. The van der Waals surface area contributed by atoms with E-state index >= 15 is 0 Å². The van der Waals surface area contributed by atoms with Gasteiger partial charge in [0.1, 0.15) is 4.88 Å². The lowest BCUT2D eigenvalue weighted by Gasteiger charge is -2.15. The van der Waals surface area contributed by atoms with Gasteiger partial charge in [-0.3, -0.25) is 4.79 Å². The first kappa shape index (κ1) is 13.8. The van der Waals surface area contributed by atoms with Gasteiger partial charge in [-0.1, -0.05) is 11.6 Å². The quantitative estimate of drug-likeness (QED) is 0.892. The number of hydrogen-bond donors (Lipinski definition) is 2. The van der Waals surface area contributed by atoms with Crippen molar-refractivity contribution >= 4 is 28.8 Å². The van der Waals surface area contributed by atoms with Crippen LogP contribution < -0.4 is 10.6 Å². The first-order valence-electron chi connectivity index (χ1n) is 6.02. The van der Waals surface area contributed by atoms with E-state index < -0.39 is 0 Å². The number of carbonyl (C=O) groups excluding carboxylic acids is 1. The SMILES string of the molecule is Cc1csc(C(=O)NCC2CNCCCO2)c1Cl. The van der Waals surface area contributed by atoms with Crippen LogP contribution in [0.2, 0.25) is 5.02 Å². The number of aryl methyl sites for hydroxylation is 1. The molecule has 0 bridgehead atoms. The Labute approximate surface area is 116 Å². The Morgan fingerprint density at radius 2 is 2.56 bits per heavy atom. The van der Waals surface area contributed by atoms with Crippen molar-refractivity contribution in [1.82, 2.24) is 10.6 Å². The number of amides is 1. The zero-order chi connectivity index (χ0) is 13.0. The molecular formula is C12H17ClN2O2S. The van der Waals surface area contributed by atoms with Crippen LogP contribution in [0, 0.1) is 6.92 Å². The maximum Gasteiger partial charge on any atom is 0.262 e. The number of nitrogens with one attached hydrogen (secondary N) is 2. The van der Waals surface area contributed by atoms with Crippen molar-refractivity contribution < 1.29 is 9.53 Å². The molecule has 0 saturated carbocycles. The lowest BCUT2D eigenvalue weighted by molar-refractivity contribution is 0.0627. The molecule has 2 heterocycles. The summed E-state index contributed by atoms with van der Waals surface area (Å²) in [5, 5.41) is 8.59. The molecule has 1 atom stereocenters. The van der Waals surface area contributed by atoms with Crippen molar-refractivity contribution in [1.29, 1.82) is 0 Å². The number of carbonyl (C=O) groups is 1. The van der Waals surface area contributed by atoms with Crippen LogP contribution in [0.15, 0.2) is 5.38 Å². The highest BCUT2D eigenvalue weighted by Gasteiger charge is 2.17. The number of thiophene rings is 1. The van der Waals surface area contributed by atoms with Crippen molar-refractivity contribution in [3.05, 3.63) is 20.8 Å². The fourth-order valence-corrected chi connectivity index (χ4v) is 2.96. The van der Waals surface area contributed by atoms with Crippen LogP contribution in [-0.4, -0.2) is 38.3 Å². The summed E-state index contributed by atoms with van der Waals surface area (Å²) in [6.07, 6.45) is 1.05. The van der Waals surface area contributed by atoms with Gasteiger partial charge in [0.25, 0.3) is 5.91 Å². The van der Waals surface area contributed by atoms with Gasteiger partial charge in [-0.15, -0.1) is 11.3 Å². The molecule has 1 aromatic heterocycles. The fourth-order valence-electron chi connectivity index (χ4n) is 1.77. The number of hydrogen-bond acceptors (Lipinski definition) is 4. The Morgan fingerprint density at radius 3 is 3.28 bits per heavy atom. The topological polar surface area (TPSA) is 50.4 Å². The predicted molar refractivity (Wildman–Crippen MR) is 73.6 cm³/mol. The van der Waals surface area contributed by atoms with E-state index in [-0.39, 0.29) is 12.0 Å². The second-order valence-corrected chi connectivity index (χ2v) is 5.58. The van der Waals surface area contributed by atoms with Gasteiger partial charge in [0.05, 0.1) is 11.1 Å². The van der Waals surface area contributed by atoms with Gasteiger partial charge in [-0.05, 0) is 30.8 Å². The third-order valence-corrected chi connectivity index (χ3v) is 4.51. The average molecular weight is 289 g/mol. The Kier molecular flexibility index (Phi) is 5.00. The summed E-state index contributed by atoms with van der Waals surface area (Å²) in [6, 6.07) is 0. The summed E-state index contributed by atoms with van der Waals surface area (Å²) in [5.74, 6) is -0.119. The second-order valence-electron chi connectivity index (χ2n) is 4.32. The molecule has 1 saturated heterocycles. The predicted octanol–water partition coefficient (Wildman–Crippen LogP) is 1.82. The largest absolute Gasteiger partial charge is 0.375 e. The smallest absolute Gasteiger partial charge is 0.262 e. The van der Waals surface area contributed by atoms with E-state index in [9.17, 15) is 4.79 Å². The minimum Gasteiger partial charge on any atom is -0.375 e. The molecule has 4 nitrogen and oxygen atoms in total. The third-order valence-electron chi connectivity index (χ3n) is 2.82. The van der Waals surface area contributed by atoms with E-state index in [1.807, 2.05) is 12.3 Å². The van der Waals surface area contributed by atoms with Gasteiger partial charge in [0.2, 0.25) is 0 Å². The molecular weight excluding hydrogens is 272 g/mol. The minimum atomic E-state index is -0.119. The summed E-state index contributed by atoms with van der Waals surface area (Å²) < 4.78 is 5.62. The van der Waals surface area contributed by atoms with Crippen LogP contribution >= 0.6 is 22.9 Å². The molecule has 0 aromatic carbocycles. The van der Waals surface area contributed by atoms with Crippen LogP contribution in [-0.2, 0) is 4.74 Å². The lowest BCUT2D eigenvalue weighted by Crippen LogP contribution is -2.38. The molecule has 1 aromatic rings. The van der Waals surface area contributed by atoms with Crippen molar-refractivity contribution in [2.45, 2.75) is 19.4 Å². The number of ether oxygens (including phenoxy) is 1. The highest BCUT2D eigenvalue weighted by Crippen LogP contribution is 2.26. The zero-order valence-electron chi connectivity index (χ0n) is 10.3. The van der Waals surface area contributed by atoms with Crippen LogP contribution in [0.5, 0.6) is 0 Å². The molecule has 100 valence electrons. The first-order chi connectivity index (χ1) is 8.68. The highest BCUT2D eigenvalue weighted by atomic mass is 35.5. The second kappa shape index (κ2) is 6.52. The van der Waals surface area contributed by atoms with Gasteiger partial charge >= 0.3 is 0 Å². The van der Waals surface area contributed by atoms with Gasteiger partial charge < -0.3 is 15.4 Å². The van der Waals surface area contributed by atoms with E-state index in [0.717, 1.165) is 31.7 Å². The first-order valence-corrected chi connectivity index (χ1v) is 7.28. The molecule has 2 N–H and O–H groups in total. The van der Waals surface area contributed by atoms with E-state index in [2.05, 4.69) is 10.6 Å². The van der Waals surface area contributed by atoms with Gasteiger partial charge in [0, 0.05) is 19.7 Å². The van der Waals surface area contributed by atoms with Crippen LogP contribution in [0.4, 0.5) is 0 Å². The standard InChI is InChI=1S/C12H17ClN2O2S/c1-8-7-18-11(10(8)13)12(16)15-6-9-5-14-3-2-4-17-9/h7,9,14H,2-6H2,1H3,(H,15,16). The Morgan fingerprint density at radius 1 is 1.72 bits per heavy atom. The molecule has 6 heteroatoms. The van der Waals surface area contributed by atoms with Crippen LogP contribution in [0.1, 0.15) is 21.7 Å². The normalized spacial score (nSPS) is 20.4. The van der Waals surface area contributed by atoms with E-state index in [1.54, 1.807) is 0 Å². The molecule has 1 aliphatic rings. The fraction of sp³-hybridized carbons (Fsp3) is 0.583. The Hall–Kier alpha value is -0.620. The maximum absolute atomic E-state index is 11.9. The summed E-state index contributed by atoms with van der Waals surface area (Å²) in [4.78, 5) is 12.5. The summed E-state index contributed by atoms with van der Waals surface area (Å²) in [5.41, 5.74) is 0.944. The van der Waals surface area contributed by atoms with Crippen molar-refractivity contribution in [2.24, 2.45) is 0 Å². The molecule has 1 fully saturated rings. The van der Waals surface area contributed by atoms with Gasteiger partial charge in [-0.2, -0.15) is 0 Å². The van der Waals surface area contributed by atoms with Crippen LogP contribution in [0.25, 0.3) is 0 Å². The zero-order valence-corrected chi connectivity index (χ0v) is 11.9. The lowest BCUT2D eigenvalue weighted by atomic mass is 10.3. The molecule has 1 unspecified atom stereocenters. The van der Waals surface area contributed by atoms with Crippen LogP contribution in [0.3, 0.4) is 0 Å². The summed E-state index contributed by atoms with van der Waals surface area (Å²) in [6.45, 7) is 4.90. The maximum atomic E-state index is 11.9. The van der Waals surface area contributed by atoms with Crippen molar-refractivity contribution in [3.63, 3.8) is 0 Å². The summed E-state index contributed by atoms with van der Waals surface area (Å²) >= 11 is 7.43. The minimum absolute atomic E-state index is 0.0382. The van der Waals surface area contributed by atoms with E-state index in [0.29, 0.717) is 16.4 Å². The Balaban J connectivity index is 1.86. The molecule has 1 amide bonds. The van der Waals surface area contributed by atoms with Gasteiger partial charge in [-0.25, -0.2) is 0 Å². The molecule has 0 aliphatic carbocycles. The molecule has 1 aliphatic heterocycles.